The van der Waals surface area contributed by atoms with Gasteiger partial charge in [-0.1, -0.05) is 12.1 Å². The molecule has 0 amide bonds. The lowest BCUT2D eigenvalue weighted by atomic mass is 10.2. The molecule has 72 valence electrons. The molecular formula is C10H12ClFS. The summed E-state index contributed by atoms with van der Waals surface area (Å²) in [6.45, 7) is 0. The molecule has 1 aromatic carbocycles. The van der Waals surface area contributed by atoms with E-state index in [9.17, 15) is 4.39 Å². The lowest BCUT2D eigenvalue weighted by molar-refractivity contribution is 0.626. The van der Waals surface area contributed by atoms with E-state index in [-0.39, 0.29) is 5.82 Å². The lowest BCUT2D eigenvalue weighted by Crippen LogP contribution is -1.85. The van der Waals surface area contributed by atoms with E-state index < -0.39 is 0 Å². The van der Waals surface area contributed by atoms with Crippen molar-refractivity contribution in [3.05, 3.63) is 35.6 Å². The van der Waals surface area contributed by atoms with Crippen LogP contribution in [-0.4, -0.2) is 11.6 Å². The first-order valence-electron chi connectivity index (χ1n) is 4.21. The fourth-order valence-electron chi connectivity index (χ4n) is 0.973. The topological polar surface area (TPSA) is 0 Å². The zero-order chi connectivity index (χ0) is 9.52. The normalized spacial score (nSPS) is 10.3. The average molecular weight is 219 g/mol. The molecule has 0 atom stereocenters. The molecule has 0 radical (unpaired) electrons. The highest BCUT2D eigenvalue weighted by Crippen LogP contribution is 2.14. The first-order valence-corrected chi connectivity index (χ1v) is 5.90. The fourth-order valence-corrected chi connectivity index (χ4v) is 2.17. The van der Waals surface area contributed by atoms with Gasteiger partial charge in [0.05, 0.1) is 0 Å². The number of alkyl halides is 1. The van der Waals surface area contributed by atoms with Crippen molar-refractivity contribution in [3.63, 3.8) is 0 Å². The van der Waals surface area contributed by atoms with Gasteiger partial charge in [0, 0.05) is 11.6 Å². The minimum Gasteiger partial charge on any atom is -0.207 e. The van der Waals surface area contributed by atoms with Crippen LogP contribution in [0.25, 0.3) is 0 Å². The van der Waals surface area contributed by atoms with E-state index in [0.717, 1.165) is 23.5 Å². The van der Waals surface area contributed by atoms with Crippen LogP contribution < -0.4 is 0 Å². The number of hydrogen-bond acceptors (Lipinski definition) is 1. The Balaban J connectivity index is 2.28. The van der Waals surface area contributed by atoms with Crippen LogP contribution in [0.4, 0.5) is 4.39 Å². The lowest BCUT2D eigenvalue weighted by Gasteiger charge is -2.00. The highest BCUT2D eigenvalue weighted by molar-refractivity contribution is 7.98. The van der Waals surface area contributed by atoms with Crippen LogP contribution in [-0.2, 0) is 5.75 Å². The van der Waals surface area contributed by atoms with E-state index in [1.165, 1.54) is 6.07 Å². The third-order valence-corrected chi connectivity index (χ3v) is 2.96. The van der Waals surface area contributed by atoms with Crippen molar-refractivity contribution in [3.8, 4) is 0 Å². The van der Waals surface area contributed by atoms with Crippen molar-refractivity contribution in [1.82, 2.24) is 0 Å². The van der Waals surface area contributed by atoms with Crippen LogP contribution in [0, 0.1) is 5.82 Å². The van der Waals surface area contributed by atoms with E-state index in [1.807, 2.05) is 6.07 Å². The third-order valence-electron chi connectivity index (χ3n) is 1.58. The van der Waals surface area contributed by atoms with Gasteiger partial charge in [0.1, 0.15) is 5.82 Å². The van der Waals surface area contributed by atoms with E-state index in [0.29, 0.717) is 5.88 Å². The second kappa shape index (κ2) is 6.28. The Bertz CT molecular complexity index is 252. The Morgan fingerprint density at radius 2 is 2.23 bits per heavy atom. The number of halogens is 2. The van der Waals surface area contributed by atoms with Crippen LogP contribution in [0.5, 0.6) is 0 Å². The molecule has 1 rings (SSSR count). The van der Waals surface area contributed by atoms with Gasteiger partial charge in [-0.25, -0.2) is 4.39 Å². The zero-order valence-corrected chi connectivity index (χ0v) is 8.87. The van der Waals surface area contributed by atoms with Crippen LogP contribution in [0.2, 0.25) is 0 Å². The molecule has 0 saturated carbocycles. The van der Waals surface area contributed by atoms with E-state index in [2.05, 4.69) is 0 Å². The summed E-state index contributed by atoms with van der Waals surface area (Å²) >= 11 is 7.32. The number of thioether (sulfide) groups is 1. The molecule has 0 unspecified atom stereocenters. The fraction of sp³-hybridized carbons (Fsp3) is 0.400. The smallest absolute Gasteiger partial charge is 0.123 e. The van der Waals surface area contributed by atoms with Crippen LogP contribution in [0.3, 0.4) is 0 Å². The molecule has 0 N–H and O–H groups in total. The molecule has 0 bridgehead atoms. The summed E-state index contributed by atoms with van der Waals surface area (Å²) in [7, 11) is 0. The summed E-state index contributed by atoms with van der Waals surface area (Å²) in [5, 5.41) is 0. The largest absolute Gasteiger partial charge is 0.207 e. The highest BCUT2D eigenvalue weighted by Gasteiger charge is 1.95. The quantitative estimate of drug-likeness (QED) is 0.537. The number of benzene rings is 1. The maximum Gasteiger partial charge on any atom is 0.123 e. The first kappa shape index (κ1) is 10.9. The van der Waals surface area contributed by atoms with Gasteiger partial charge in [-0.3, -0.25) is 0 Å². The Morgan fingerprint density at radius 3 is 2.92 bits per heavy atom. The number of hydrogen-bond donors (Lipinski definition) is 0. The second-order valence-corrected chi connectivity index (χ2v) is 4.21. The maximum atomic E-state index is 12.7. The molecule has 1 aromatic rings. The van der Waals surface area contributed by atoms with E-state index in [1.54, 1.807) is 23.9 Å². The van der Waals surface area contributed by atoms with Gasteiger partial charge >= 0.3 is 0 Å². The summed E-state index contributed by atoms with van der Waals surface area (Å²) in [5.74, 6) is 2.46. The van der Waals surface area contributed by atoms with Gasteiger partial charge in [0.2, 0.25) is 0 Å². The van der Waals surface area contributed by atoms with Gasteiger partial charge in [-0.05, 0) is 29.9 Å². The predicted octanol–water partition coefficient (Wildman–Crippen LogP) is 3.69. The third kappa shape index (κ3) is 4.53. The standard InChI is InChI=1S/C10H12ClFS/c11-5-2-6-13-8-9-3-1-4-10(12)7-9/h1,3-4,7H,2,5-6,8H2. The SMILES string of the molecule is Fc1cccc(CSCCCCl)c1. The Hall–Kier alpha value is -0.210. The van der Waals surface area contributed by atoms with Crippen molar-refractivity contribution in [1.29, 1.82) is 0 Å². The molecule has 0 saturated heterocycles. The predicted molar refractivity (Wildman–Crippen MR) is 57.9 cm³/mol. The van der Waals surface area contributed by atoms with Gasteiger partial charge in [-0.15, -0.1) is 11.6 Å². The van der Waals surface area contributed by atoms with Gasteiger partial charge in [0.25, 0.3) is 0 Å². The van der Waals surface area contributed by atoms with Crippen molar-refractivity contribution in [2.45, 2.75) is 12.2 Å². The van der Waals surface area contributed by atoms with E-state index >= 15 is 0 Å². The van der Waals surface area contributed by atoms with Gasteiger partial charge < -0.3 is 0 Å². The first-order chi connectivity index (χ1) is 6.33. The molecule has 0 aliphatic rings. The second-order valence-electron chi connectivity index (χ2n) is 2.73. The van der Waals surface area contributed by atoms with Crippen molar-refractivity contribution in [2.75, 3.05) is 11.6 Å². The zero-order valence-electron chi connectivity index (χ0n) is 7.30. The molecule has 0 spiro atoms. The molecule has 0 heterocycles. The molecule has 0 aliphatic heterocycles. The highest BCUT2D eigenvalue weighted by atomic mass is 35.5. The summed E-state index contributed by atoms with van der Waals surface area (Å²) in [6.07, 6.45) is 1.02. The van der Waals surface area contributed by atoms with Gasteiger partial charge in [0.15, 0.2) is 0 Å². The molecular weight excluding hydrogens is 207 g/mol. The van der Waals surface area contributed by atoms with Crippen LogP contribution >= 0.6 is 23.4 Å². The van der Waals surface area contributed by atoms with Gasteiger partial charge in [-0.2, -0.15) is 11.8 Å². The summed E-state index contributed by atoms with van der Waals surface area (Å²) in [5.41, 5.74) is 1.04. The van der Waals surface area contributed by atoms with Crippen LogP contribution in [0.15, 0.2) is 24.3 Å². The van der Waals surface area contributed by atoms with Crippen LogP contribution in [0.1, 0.15) is 12.0 Å². The Labute approximate surface area is 87.5 Å². The molecule has 0 nitrogen and oxygen atoms in total. The molecule has 0 aliphatic carbocycles. The summed E-state index contributed by atoms with van der Waals surface area (Å²) < 4.78 is 12.7. The average Bonchev–Trinajstić information content (AvgIpc) is 2.13. The Kier molecular flexibility index (Phi) is 5.25. The monoisotopic (exact) mass is 218 g/mol. The summed E-state index contributed by atoms with van der Waals surface area (Å²) in [6, 6.07) is 6.73. The molecule has 0 fully saturated rings. The minimum atomic E-state index is -0.157. The van der Waals surface area contributed by atoms with Crippen molar-refractivity contribution < 1.29 is 4.39 Å². The number of rotatable bonds is 5. The van der Waals surface area contributed by atoms with Crippen molar-refractivity contribution in [2.24, 2.45) is 0 Å². The molecule has 0 aromatic heterocycles. The molecule has 3 heteroatoms. The Morgan fingerprint density at radius 1 is 1.38 bits per heavy atom. The van der Waals surface area contributed by atoms with Crippen molar-refractivity contribution >= 4 is 23.4 Å². The minimum absolute atomic E-state index is 0.157. The van der Waals surface area contributed by atoms with E-state index in [4.69, 9.17) is 11.6 Å². The maximum absolute atomic E-state index is 12.7. The molecule has 13 heavy (non-hydrogen) atoms. The summed E-state index contributed by atoms with van der Waals surface area (Å²) in [4.78, 5) is 0.